The molecule has 0 radical (unpaired) electrons. The van der Waals surface area contributed by atoms with Gasteiger partial charge in [0.2, 0.25) is 0 Å². The summed E-state index contributed by atoms with van der Waals surface area (Å²) in [6.07, 6.45) is 8.46. The second-order valence-corrected chi connectivity index (χ2v) is 6.94. The largest absolute Gasteiger partial charge is 0.396 e. The van der Waals surface area contributed by atoms with E-state index in [0.717, 1.165) is 11.4 Å². The molecule has 7 nitrogen and oxygen atoms in total. The first-order chi connectivity index (χ1) is 13.5. The molecule has 0 saturated heterocycles. The van der Waals surface area contributed by atoms with Crippen molar-refractivity contribution in [3.05, 3.63) is 66.5 Å². The van der Waals surface area contributed by atoms with Gasteiger partial charge in [-0.25, -0.2) is 0 Å². The molecule has 7 heteroatoms. The standard InChI is InChI=1S/C21H26N4O3/c1-3-12-25-19-10-5-4-9-18(19)21(28,20(25)27)16(2)8-6-7-13-24-15-17(11-14-26)22-23-24/h3-6,8-10,15-16,26,28H,1,7,11-14H2,2H3/b8-6+/t16-,21+/m0/s1. The molecule has 1 aliphatic heterocycles. The van der Waals surface area contributed by atoms with E-state index in [1.165, 1.54) is 0 Å². The smallest absolute Gasteiger partial charge is 0.264 e. The Bertz CT molecular complexity index is 876. The van der Waals surface area contributed by atoms with Gasteiger partial charge in [0.15, 0.2) is 5.60 Å². The minimum absolute atomic E-state index is 0.0487. The summed E-state index contributed by atoms with van der Waals surface area (Å²) in [5.41, 5.74) is 0.528. The quantitative estimate of drug-likeness (QED) is 0.646. The van der Waals surface area contributed by atoms with Crippen LogP contribution in [0.3, 0.4) is 0 Å². The fourth-order valence-electron chi connectivity index (χ4n) is 3.54. The van der Waals surface area contributed by atoms with E-state index in [4.69, 9.17) is 5.11 Å². The van der Waals surface area contributed by atoms with Gasteiger partial charge in [-0.2, -0.15) is 0 Å². The second kappa shape index (κ2) is 8.50. The lowest BCUT2D eigenvalue weighted by molar-refractivity contribution is -0.139. The van der Waals surface area contributed by atoms with Crippen molar-refractivity contribution in [3.63, 3.8) is 0 Å². The fraction of sp³-hybridized carbons (Fsp3) is 0.381. The van der Waals surface area contributed by atoms with Crippen LogP contribution >= 0.6 is 0 Å². The topological polar surface area (TPSA) is 91.5 Å². The van der Waals surface area contributed by atoms with Gasteiger partial charge in [0.05, 0.1) is 11.4 Å². The number of allylic oxidation sites excluding steroid dienone is 1. The molecule has 2 atom stereocenters. The average Bonchev–Trinajstić information content (AvgIpc) is 3.23. The number of aromatic nitrogens is 3. The molecular weight excluding hydrogens is 356 g/mol. The number of aliphatic hydroxyl groups is 2. The van der Waals surface area contributed by atoms with E-state index in [1.54, 1.807) is 21.7 Å². The number of anilines is 1. The number of hydrogen-bond acceptors (Lipinski definition) is 5. The molecule has 1 aromatic carbocycles. The minimum Gasteiger partial charge on any atom is -0.396 e. The van der Waals surface area contributed by atoms with Crippen molar-refractivity contribution >= 4 is 11.6 Å². The summed E-state index contributed by atoms with van der Waals surface area (Å²) < 4.78 is 1.72. The van der Waals surface area contributed by atoms with Gasteiger partial charge in [-0.3, -0.25) is 9.48 Å². The van der Waals surface area contributed by atoms with Crippen molar-refractivity contribution in [2.75, 3.05) is 18.1 Å². The molecule has 2 aromatic rings. The van der Waals surface area contributed by atoms with Crippen molar-refractivity contribution in [2.24, 2.45) is 5.92 Å². The van der Waals surface area contributed by atoms with Crippen molar-refractivity contribution in [1.82, 2.24) is 15.0 Å². The molecule has 3 rings (SSSR count). The number of carbonyl (C=O) groups excluding carboxylic acids is 1. The molecule has 0 spiro atoms. The summed E-state index contributed by atoms with van der Waals surface area (Å²) in [6, 6.07) is 7.34. The Morgan fingerprint density at radius 3 is 2.89 bits per heavy atom. The van der Waals surface area contributed by atoms with Crippen LogP contribution in [0, 0.1) is 5.92 Å². The van der Waals surface area contributed by atoms with Gasteiger partial charge < -0.3 is 15.1 Å². The Labute approximate surface area is 164 Å². The van der Waals surface area contributed by atoms with Crippen molar-refractivity contribution in [2.45, 2.75) is 31.9 Å². The predicted octanol–water partition coefficient (Wildman–Crippen LogP) is 1.82. The number of carbonyl (C=O) groups is 1. The molecule has 1 aliphatic rings. The summed E-state index contributed by atoms with van der Waals surface area (Å²) in [6.45, 7) is 6.59. The molecule has 0 unspecified atom stereocenters. The fourth-order valence-corrected chi connectivity index (χ4v) is 3.54. The Hall–Kier alpha value is -2.77. The number of benzene rings is 1. The number of aryl methyl sites for hydroxylation is 1. The van der Waals surface area contributed by atoms with E-state index in [9.17, 15) is 9.90 Å². The molecule has 1 amide bonds. The van der Waals surface area contributed by atoms with Crippen LogP contribution in [0.15, 0.2) is 55.3 Å². The van der Waals surface area contributed by atoms with Gasteiger partial charge in [-0.05, 0) is 12.5 Å². The molecule has 0 saturated carbocycles. The maximum absolute atomic E-state index is 13.0. The van der Waals surface area contributed by atoms with Gasteiger partial charge in [-0.1, -0.05) is 48.6 Å². The first-order valence-corrected chi connectivity index (χ1v) is 9.43. The highest BCUT2D eigenvalue weighted by Crippen LogP contribution is 2.44. The van der Waals surface area contributed by atoms with Gasteiger partial charge in [0.25, 0.3) is 5.91 Å². The lowest BCUT2D eigenvalue weighted by Crippen LogP contribution is -2.44. The maximum atomic E-state index is 13.0. The molecular formula is C21H26N4O3. The third kappa shape index (κ3) is 3.63. The molecule has 1 aromatic heterocycles. The molecule has 0 bridgehead atoms. The van der Waals surface area contributed by atoms with E-state index < -0.39 is 11.5 Å². The highest BCUT2D eigenvalue weighted by Gasteiger charge is 2.51. The summed E-state index contributed by atoms with van der Waals surface area (Å²) in [5, 5.41) is 28.3. The van der Waals surface area contributed by atoms with E-state index >= 15 is 0 Å². The van der Waals surface area contributed by atoms with Crippen LogP contribution in [-0.4, -0.2) is 44.3 Å². The highest BCUT2D eigenvalue weighted by molar-refractivity contribution is 6.07. The van der Waals surface area contributed by atoms with Crippen molar-refractivity contribution < 1.29 is 15.0 Å². The predicted molar refractivity (Wildman–Crippen MR) is 107 cm³/mol. The molecule has 148 valence electrons. The Morgan fingerprint density at radius 2 is 2.14 bits per heavy atom. The first-order valence-electron chi connectivity index (χ1n) is 9.43. The van der Waals surface area contributed by atoms with Gasteiger partial charge in [0, 0.05) is 43.8 Å². The summed E-state index contributed by atoms with van der Waals surface area (Å²) in [5.74, 6) is -0.715. The zero-order valence-electron chi connectivity index (χ0n) is 16.0. The van der Waals surface area contributed by atoms with E-state index in [0.29, 0.717) is 31.5 Å². The minimum atomic E-state index is -1.59. The number of fused-ring (bicyclic) bond motifs is 1. The van der Waals surface area contributed by atoms with Gasteiger partial charge in [-0.15, -0.1) is 11.7 Å². The molecule has 0 fully saturated rings. The third-order valence-corrected chi connectivity index (χ3v) is 5.05. The SMILES string of the molecule is C=CCN1C(=O)[C@@](O)([C@@H](C)/C=C/CCn2cc(CCO)nn2)c2ccccc21. The molecule has 0 aliphatic carbocycles. The number of para-hydroxylation sites is 1. The Morgan fingerprint density at radius 1 is 1.36 bits per heavy atom. The lowest BCUT2D eigenvalue weighted by Gasteiger charge is -2.27. The second-order valence-electron chi connectivity index (χ2n) is 6.94. The average molecular weight is 382 g/mol. The van der Waals surface area contributed by atoms with Gasteiger partial charge in [0.1, 0.15) is 0 Å². The number of nitrogens with zero attached hydrogens (tertiary/aromatic N) is 4. The molecule has 2 heterocycles. The maximum Gasteiger partial charge on any atom is 0.264 e. The van der Waals surface area contributed by atoms with Crippen LogP contribution < -0.4 is 4.90 Å². The first kappa shape index (κ1) is 20.0. The number of aliphatic hydroxyl groups excluding tert-OH is 1. The number of rotatable bonds is 9. The Balaban J connectivity index is 1.70. The molecule has 28 heavy (non-hydrogen) atoms. The van der Waals surface area contributed by atoms with Crippen LogP contribution in [0.1, 0.15) is 24.6 Å². The van der Waals surface area contributed by atoms with Crippen LogP contribution in [-0.2, 0) is 23.4 Å². The van der Waals surface area contributed by atoms with Crippen LogP contribution in [0.4, 0.5) is 5.69 Å². The Kier molecular flexibility index (Phi) is 6.06. The third-order valence-electron chi connectivity index (χ3n) is 5.05. The summed E-state index contributed by atoms with van der Waals surface area (Å²) in [7, 11) is 0. The molecule has 2 N–H and O–H groups in total. The van der Waals surface area contributed by atoms with E-state index in [2.05, 4.69) is 16.9 Å². The highest BCUT2D eigenvalue weighted by atomic mass is 16.3. The van der Waals surface area contributed by atoms with Gasteiger partial charge >= 0.3 is 0 Å². The van der Waals surface area contributed by atoms with Crippen LogP contribution in [0.25, 0.3) is 0 Å². The summed E-state index contributed by atoms with van der Waals surface area (Å²) >= 11 is 0. The monoisotopic (exact) mass is 382 g/mol. The zero-order valence-corrected chi connectivity index (χ0v) is 16.0. The normalized spacial score (nSPS) is 20.0. The number of hydrogen-bond donors (Lipinski definition) is 2. The number of amides is 1. The zero-order chi connectivity index (χ0) is 20.1. The van der Waals surface area contributed by atoms with E-state index in [1.807, 2.05) is 43.5 Å². The lowest BCUT2D eigenvalue weighted by atomic mass is 9.83. The van der Waals surface area contributed by atoms with Crippen LogP contribution in [0.2, 0.25) is 0 Å². The van der Waals surface area contributed by atoms with E-state index in [-0.39, 0.29) is 12.5 Å². The van der Waals surface area contributed by atoms with Crippen LogP contribution in [0.5, 0.6) is 0 Å². The van der Waals surface area contributed by atoms with Crippen molar-refractivity contribution in [3.8, 4) is 0 Å². The van der Waals surface area contributed by atoms with Crippen molar-refractivity contribution in [1.29, 1.82) is 0 Å². The summed E-state index contributed by atoms with van der Waals surface area (Å²) in [4.78, 5) is 14.6.